The number of Topliss-reactive ketones (excluding diaryl/α,β-unsaturated/α-hetero) is 1. The van der Waals surface area contributed by atoms with Crippen molar-refractivity contribution >= 4 is 5.78 Å². The Morgan fingerprint density at radius 2 is 2.25 bits per heavy atom. The van der Waals surface area contributed by atoms with Crippen LogP contribution in [0, 0.1) is 0 Å². The van der Waals surface area contributed by atoms with Gasteiger partial charge in [-0.2, -0.15) is 0 Å². The van der Waals surface area contributed by atoms with E-state index in [1.807, 2.05) is 25.1 Å². The van der Waals surface area contributed by atoms with Crippen LogP contribution in [0.5, 0.6) is 5.75 Å². The van der Waals surface area contributed by atoms with Crippen molar-refractivity contribution in [1.29, 1.82) is 0 Å². The number of allylic oxidation sites excluding steroid dienone is 1. The number of fused-ring (bicyclic) bond motifs is 1. The normalized spacial score (nSPS) is 13.1. The van der Waals surface area contributed by atoms with Crippen molar-refractivity contribution in [2.24, 2.45) is 0 Å². The van der Waals surface area contributed by atoms with E-state index in [4.69, 9.17) is 4.74 Å². The van der Waals surface area contributed by atoms with Crippen LogP contribution in [0.15, 0.2) is 30.4 Å². The molecule has 1 aromatic rings. The molecule has 0 saturated carbocycles. The van der Waals surface area contributed by atoms with E-state index in [0.29, 0.717) is 6.42 Å². The van der Waals surface area contributed by atoms with Crippen molar-refractivity contribution in [1.82, 2.24) is 0 Å². The van der Waals surface area contributed by atoms with E-state index in [9.17, 15) is 4.79 Å². The molecule has 0 unspecified atom stereocenters. The fourth-order valence-corrected chi connectivity index (χ4v) is 1.83. The van der Waals surface area contributed by atoms with Crippen LogP contribution < -0.4 is 4.74 Å². The maximum atomic E-state index is 11.9. The third-order valence-corrected chi connectivity index (χ3v) is 2.79. The predicted octanol–water partition coefficient (Wildman–Crippen LogP) is 3.16. The largest absolute Gasteiger partial charge is 0.493 e. The minimum atomic E-state index is 0.192. The van der Waals surface area contributed by atoms with Gasteiger partial charge in [-0.1, -0.05) is 5.57 Å². The Labute approximate surface area is 95.9 Å². The summed E-state index contributed by atoms with van der Waals surface area (Å²) in [6.45, 7) is 6.49. The Kier molecular flexibility index (Phi) is 3.09. The maximum Gasteiger partial charge on any atom is 0.163 e. The minimum absolute atomic E-state index is 0.192. The Hall–Kier alpha value is -1.57. The molecule has 0 N–H and O–H groups in total. The van der Waals surface area contributed by atoms with Crippen LogP contribution in [-0.2, 0) is 6.42 Å². The van der Waals surface area contributed by atoms with Crippen molar-refractivity contribution in [3.05, 3.63) is 41.5 Å². The maximum absolute atomic E-state index is 11.9. The van der Waals surface area contributed by atoms with E-state index in [2.05, 4.69) is 6.58 Å². The standard InChI is InChI=1S/C14H16O2/c1-10(2)3-5-13(15)11-4-6-14-12(9-11)7-8-16-14/h4,6,9H,1,3,5,7-8H2,2H3. The third-order valence-electron chi connectivity index (χ3n) is 2.79. The van der Waals surface area contributed by atoms with E-state index in [1.54, 1.807) is 0 Å². The van der Waals surface area contributed by atoms with Gasteiger partial charge < -0.3 is 4.74 Å². The van der Waals surface area contributed by atoms with Crippen molar-refractivity contribution in [2.75, 3.05) is 6.61 Å². The van der Waals surface area contributed by atoms with E-state index >= 15 is 0 Å². The lowest BCUT2D eigenvalue weighted by atomic mass is 10.0. The molecule has 0 atom stereocenters. The molecule has 0 aliphatic carbocycles. The molecular formula is C14H16O2. The summed E-state index contributed by atoms with van der Waals surface area (Å²) in [7, 11) is 0. The fraction of sp³-hybridized carbons (Fsp3) is 0.357. The number of ether oxygens (including phenoxy) is 1. The molecule has 0 fully saturated rings. The van der Waals surface area contributed by atoms with Gasteiger partial charge >= 0.3 is 0 Å². The Morgan fingerprint density at radius 1 is 1.44 bits per heavy atom. The zero-order valence-electron chi connectivity index (χ0n) is 9.58. The molecule has 1 aliphatic rings. The van der Waals surface area contributed by atoms with Gasteiger partial charge in [-0.25, -0.2) is 0 Å². The van der Waals surface area contributed by atoms with Crippen LogP contribution in [0.1, 0.15) is 35.7 Å². The van der Waals surface area contributed by atoms with Gasteiger partial charge in [0.05, 0.1) is 6.61 Å². The lowest BCUT2D eigenvalue weighted by Crippen LogP contribution is -1.99. The highest BCUT2D eigenvalue weighted by Crippen LogP contribution is 2.26. The van der Waals surface area contributed by atoms with Gasteiger partial charge in [-0.3, -0.25) is 4.79 Å². The summed E-state index contributed by atoms with van der Waals surface area (Å²) in [6.07, 6.45) is 2.23. The second-order valence-corrected chi connectivity index (χ2v) is 4.30. The number of carbonyl (C=O) groups is 1. The number of rotatable bonds is 4. The van der Waals surface area contributed by atoms with Crippen molar-refractivity contribution < 1.29 is 9.53 Å². The fourth-order valence-electron chi connectivity index (χ4n) is 1.83. The number of hydrogen-bond acceptors (Lipinski definition) is 2. The molecule has 1 aromatic carbocycles. The first-order chi connectivity index (χ1) is 7.66. The molecule has 2 nitrogen and oxygen atoms in total. The van der Waals surface area contributed by atoms with Gasteiger partial charge in [-0.15, -0.1) is 6.58 Å². The lowest BCUT2D eigenvalue weighted by Gasteiger charge is -2.03. The highest BCUT2D eigenvalue weighted by atomic mass is 16.5. The molecule has 1 aliphatic heterocycles. The molecule has 0 aromatic heterocycles. The Bertz CT molecular complexity index is 432. The summed E-state index contributed by atoms with van der Waals surface area (Å²) in [5.41, 5.74) is 3.00. The summed E-state index contributed by atoms with van der Waals surface area (Å²) in [4.78, 5) is 11.9. The molecule has 0 bridgehead atoms. The van der Waals surface area contributed by atoms with Crippen LogP contribution in [0.2, 0.25) is 0 Å². The molecular weight excluding hydrogens is 200 g/mol. The number of benzene rings is 1. The van der Waals surface area contributed by atoms with Crippen LogP contribution in [-0.4, -0.2) is 12.4 Å². The van der Waals surface area contributed by atoms with E-state index in [1.165, 1.54) is 0 Å². The third kappa shape index (κ3) is 2.32. The van der Waals surface area contributed by atoms with Gasteiger partial charge in [-0.05, 0) is 37.1 Å². The molecule has 2 heteroatoms. The van der Waals surface area contributed by atoms with Gasteiger partial charge in [0.1, 0.15) is 5.75 Å². The molecule has 0 saturated heterocycles. The quantitative estimate of drug-likeness (QED) is 0.571. The highest BCUT2D eigenvalue weighted by Gasteiger charge is 2.14. The molecule has 0 spiro atoms. The average molecular weight is 216 g/mol. The Morgan fingerprint density at radius 3 is 3.00 bits per heavy atom. The summed E-state index contributed by atoms with van der Waals surface area (Å²) in [5, 5.41) is 0. The van der Waals surface area contributed by atoms with Gasteiger partial charge in [0, 0.05) is 18.4 Å². The van der Waals surface area contributed by atoms with E-state index in [-0.39, 0.29) is 5.78 Å². The van der Waals surface area contributed by atoms with Gasteiger partial charge in [0.25, 0.3) is 0 Å². The lowest BCUT2D eigenvalue weighted by molar-refractivity contribution is 0.0982. The van der Waals surface area contributed by atoms with Gasteiger partial charge in [0.2, 0.25) is 0 Å². The molecule has 0 radical (unpaired) electrons. The highest BCUT2D eigenvalue weighted by molar-refractivity contribution is 5.96. The first kappa shape index (κ1) is 10.9. The first-order valence-corrected chi connectivity index (χ1v) is 5.60. The summed E-state index contributed by atoms with van der Waals surface area (Å²) in [6, 6.07) is 5.71. The average Bonchev–Trinajstić information content (AvgIpc) is 2.72. The number of carbonyl (C=O) groups excluding carboxylic acids is 1. The van der Waals surface area contributed by atoms with Crippen LogP contribution in [0.3, 0.4) is 0 Å². The van der Waals surface area contributed by atoms with Crippen molar-refractivity contribution in [3.63, 3.8) is 0 Å². The molecule has 0 amide bonds. The second kappa shape index (κ2) is 4.52. The SMILES string of the molecule is C=C(C)CCC(=O)c1ccc2c(c1)CCO2. The molecule has 1 heterocycles. The first-order valence-electron chi connectivity index (χ1n) is 5.60. The smallest absolute Gasteiger partial charge is 0.163 e. The molecule has 2 rings (SSSR count). The zero-order valence-corrected chi connectivity index (χ0v) is 9.58. The van der Waals surface area contributed by atoms with Crippen molar-refractivity contribution in [3.8, 4) is 5.75 Å². The molecule has 84 valence electrons. The molecule has 16 heavy (non-hydrogen) atoms. The topological polar surface area (TPSA) is 26.3 Å². The van der Waals surface area contributed by atoms with Crippen LogP contribution in [0.25, 0.3) is 0 Å². The summed E-state index contributed by atoms with van der Waals surface area (Å²) >= 11 is 0. The van der Waals surface area contributed by atoms with E-state index in [0.717, 1.165) is 41.9 Å². The summed E-state index contributed by atoms with van der Waals surface area (Å²) in [5.74, 6) is 1.12. The van der Waals surface area contributed by atoms with E-state index < -0.39 is 0 Å². The van der Waals surface area contributed by atoms with Crippen molar-refractivity contribution in [2.45, 2.75) is 26.2 Å². The predicted molar refractivity (Wildman–Crippen MR) is 64.0 cm³/mol. The summed E-state index contributed by atoms with van der Waals surface area (Å²) < 4.78 is 5.41. The number of ketones is 1. The second-order valence-electron chi connectivity index (χ2n) is 4.30. The number of hydrogen-bond donors (Lipinski definition) is 0. The van der Waals surface area contributed by atoms with Crippen LogP contribution in [0.4, 0.5) is 0 Å². The Balaban J connectivity index is 2.09. The zero-order chi connectivity index (χ0) is 11.5. The minimum Gasteiger partial charge on any atom is -0.493 e. The van der Waals surface area contributed by atoms with Gasteiger partial charge in [0.15, 0.2) is 5.78 Å². The monoisotopic (exact) mass is 216 g/mol. The van der Waals surface area contributed by atoms with Crippen LogP contribution >= 0.6 is 0 Å².